The molecule has 8 heteroatoms. The lowest BCUT2D eigenvalue weighted by Crippen LogP contribution is -2.46. The number of nitrogens with zero attached hydrogens (tertiary/aromatic N) is 1. The molecule has 0 bridgehead atoms. The van der Waals surface area contributed by atoms with Crippen LogP contribution < -0.4 is 16.4 Å². The van der Waals surface area contributed by atoms with Crippen LogP contribution in [0.5, 0.6) is 0 Å². The smallest absolute Gasteiger partial charge is 0.323 e. The van der Waals surface area contributed by atoms with Gasteiger partial charge in [-0.15, -0.1) is 12.4 Å². The Balaban J connectivity index is 0.00000320. The highest BCUT2D eigenvalue weighted by Crippen LogP contribution is 2.27. The summed E-state index contributed by atoms with van der Waals surface area (Å²) < 4.78 is 13.7. The van der Waals surface area contributed by atoms with Crippen molar-refractivity contribution in [3.05, 3.63) is 59.4 Å². The number of nitrogens with two attached hydrogens (primary N) is 1. The number of hydrogen-bond acceptors (Lipinski definition) is 3. The van der Waals surface area contributed by atoms with Crippen molar-refractivity contribution >= 4 is 35.7 Å². The normalized spacial score (nSPS) is 13.8. The number of urea groups is 1. The first kappa shape index (κ1) is 23.6. The van der Waals surface area contributed by atoms with Gasteiger partial charge in [0.05, 0.1) is 11.7 Å². The van der Waals surface area contributed by atoms with Gasteiger partial charge < -0.3 is 21.3 Å². The van der Waals surface area contributed by atoms with Crippen molar-refractivity contribution < 1.29 is 14.0 Å². The molecule has 162 valence electrons. The Kier molecular flexibility index (Phi) is 8.20. The summed E-state index contributed by atoms with van der Waals surface area (Å²) in [4.78, 5) is 26.7. The summed E-state index contributed by atoms with van der Waals surface area (Å²) in [6.45, 7) is 5.10. The molecule has 0 fully saturated rings. The van der Waals surface area contributed by atoms with Gasteiger partial charge in [0.1, 0.15) is 5.82 Å². The molecule has 1 heterocycles. The van der Waals surface area contributed by atoms with E-state index in [1.807, 2.05) is 32.0 Å². The number of carbonyl (C=O) groups is 2. The zero-order valence-corrected chi connectivity index (χ0v) is 18.0. The largest absolute Gasteiger partial charge is 0.337 e. The summed E-state index contributed by atoms with van der Waals surface area (Å²) in [5.41, 5.74) is 8.80. The number of benzene rings is 2. The predicted octanol–water partition coefficient (Wildman–Crippen LogP) is 4.15. The number of hydrogen-bond donors (Lipinski definition) is 3. The molecule has 0 aromatic heterocycles. The van der Waals surface area contributed by atoms with Crippen LogP contribution >= 0.6 is 12.4 Å². The van der Waals surface area contributed by atoms with E-state index in [2.05, 4.69) is 10.6 Å². The van der Waals surface area contributed by atoms with E-state index in [1.54, 1.807) is 17.0 Å². The molecule has 1 atom stereocenters. The Hall–Kier alpha value is -2.64. The number of carbonyl (C=O) groups excluding carboxylic acids is 2. The zero-order valence-electron chi connectivity index (χ0n) is 17.2. The van der Waals surface area contributed by atoms with Crippen LogP contribution in [0.2, 0.25) is 0 Å². The lowest BCUT2D eigenvalue weighted by atomic mass is 9.96. The second-order valence-corrected chi connectivity index (χ2v) is 7.75. The summed E-state index contributed by atoms with van der Waals surface area (Å²) in [7, 11) is 0. The topological polar surface area (TPSA) is 87.5 Å². The minimum Gasteiger partial charge on any atom is -0.337 e. The van der Waals surface area contributed by atoms with Crippen LogP contribution in [0.25, 0.3) is 0 Å². The minimum atomic E-state index is -0.513. The standard InChI is InChI=1S/C22H27FN4O2.ClH/c1-14(2)12-18(24)21(28)27-11-10-16-15(13-27)6-5-9-19(16)25-22(29)26-20-8-4-3-7-17(20)23;/h3-9,14,18H,10-13,24H2,1-2H3,(H2,25,26,29);1H/t18-;/m0./s1. The fourth-order valence-electron chi connectivity index (χ4n) is 3.60. The number of rotatable bonds is 5. The maximum absolute atomic E-state index is 13.7. The highest BCUT2D eigenvalue weighted by molar-refractivity contribution is 6.00. The molecule has 1 aliphatic heterocycles. The maximum atomic E-state index is 13.7. The fraction of sp³-hybridized carbons (Fsp3) is 0.364. The number of nitrogens with one attached hydrogen (secondary N) is 2. The quantitative estimate of drug-likeness (QED) is 0.660. The number of para-hydroxylation sites is 1. The Labute approximate surface area is 182 Å². The van der Waals surface area contributed by atoms with E-state index in [4.69, 9.17) is 5.73 Å². The minimum absolute atomic E-state index is 0. The molecule has 0 saturated heterocycles. The van der Waals surface area contributed by atoms with E-state index in [9.17, 15) is 14.0 Å². The molecular formula is C22H28ClFN4O2. The highest BCUT2D eigenvalue weighted by atomic mass is 35.5. The van der Waals surface area contributed by atoms with Crippen molar-refractivity contribution in [3.8, 4) is 0 Å². The van der Waals surface area contributed by atoms with E-state index in [1.165, 1.54) is 12.1 Å². The van der Waals surface area contributed by atoms with Crippen molar-refractivity contribution in [2.24, 2.45) is 11.7 Å². The highest BCUT2D eigenvalue weighted by Gasteiger charge is 2.26. The summed E-state index contributed by atoms with van der Waals surface area (Å²) in [5.74, 6) is -0.181. The second kappa shape index (κ2) is 10.4. The monoisotopic (exact) mass is 434 g/mol. The Bertz CT molecular complexity index is 906. The molecule has 3 rings (SSSR count). The van der Waals surface area contributed by atoms with E-state index in [0.717, 1.165) is 11.1 Å². The van der Waals surface area contributed by atoms with Crippen molar-refractivity contribution in [1.29, 1.82) is 0 Å². The van der Waals surface area contributed by atoms with Gasteiger partial charge in [0, 0.05) is 18.8 Å². The van der Waals surface area contributed by atoms with Gasteiger partial charge in [-0.2, -0.15) is 0 Å². The summed E-state index contributed by atoms with van der Waals surface area (Å²) in [6.07, 6.45) is 1.27. The van der Waals surface area contributed by atoms with Crippen LogP contribution in [0.4, 0.5) is 20.6 Å². The van der Waals surface area contributed by atoms with Crippen molar-refractivity contribution in [3.63, 3.8) is 0 Å². The SMILES string of the molecule is CC(C)C[C@H](N)C(=O)N1CCc2c(cccc2NC(=O)Nc2ccccc2F)C1.Cl. The Morgan fingerprint density at radius 1 is 1.10 bits per heavy atom. The van der Waals surface area contributed by atoms with E-state index in [0.29, 0.717) is 37.5 Å². The summed E-state index contributed by atoms with van der Waals surface area (Å²) in [6, 6.07) is 10.6. The molecule has 0 spiro atoms. The van der Waals surface area contributed by atoms with Gasteiger partial charge in [-0.1, -0.05) is 38.1 Å². The van der Waals surface area contributed by atoms with Crippen molar-refractivity contribution in [1.82, 2.24) is 4.90 Å². The molecule has 30 heavy (non-hydrogen) atoms. The molecular weight excluding hydrogens is 407 g/mol. The van der Waals surface area contributed by atoms with Gasteiger partial charge in [-0.3, -0.25) is 4.79 Å². The van der Waals surface area contributed by atoms with Gasteiger partial charge in [0.15, 0.2) is 0 Å². The van der Waals surface area contributed by atoms with Gasteiger partial charge in [0.25, 0.3) is 0 Å². The van der Waals surface area contributed by atoms with Crippen LogP contribution in [0, 0.1) is 11.7 Å². The van der Waals surface area contributed by atoms with Crippen LogP contribution in [0.3, 0.4) is 0 Å². The first-order chi connectivity index (χ1) is 13.8. The number of amides is 3. The number of fused-ring (bicyclic) bond motifs is 1. The molecule has 1 aliphatic rings. The van der Waals surface area contributed by atoms with E-state index >= 15 is 0 Å². The molecule has 2 aromatic rings. The lowest BCUT2D eigenvalue weighted by Gasteiger charge is -2.32. The summed E-state index contributed by atoms with van der Waals surface area (Å²) >= 11 is 0. The molecule has 0 unspecified atom stereocenters. The van der Waals surface area contributed by atoms with Gasteiger partial charge in [-0.25, -0.2) is 9.18 Å². The van der Waals surface area contributed by atoms with E-state index < -0.39 is 17.9 Å². The van der Waals surface area contributed by atoms with E-state index in [-0.39, 0.29) is 24.0 Å². The number of halogens is 2. The maximum Gasteiger partial charge on any atom is 0.323 e. The van der Waals surface area contributed by atoms with Crippen LogP contribution in [-0.2, 0) is 17.8 Å². The average Bonchev–Trinajstić information content (AvgIpc) is 2.68. The van der Waals surface area contributed by atoms with Gasteiger partial charge in [0.2, 0.25) is 5.91 Å². The second-order valence-electron chi connectivity index (χ2n) is 7.75. The lowest BCUT2D eigenvalue weighted by molar-refractivity contribution is -0.133. The Morgan fingerprint density at radius 2 is 1.77 bits per heavy atom. The number of anilines is 2. The molecule has 0 aliphatic carbocycles. The van der Waals surface area contributed by atoms with Gasteiger partial charge >= 0.3 is 6.03 Å². The molecule has 4 N–H and O–H groups in total. The third-order valence-corrected chi connectivity index (χ3v) is 4.99. The van der Waals surface area contributed by atoms with Gasteiger partial charge in [-0.05, 0) is 48.1 Å². The zero-order chi connectivity index (χ0) is 21.0. The van der Waals surface area contributed by atoms with Crippen LogP contribution in [0.1, 0.15) is 31.4 Å². The first-order valence-electron chi connectivity index (χ1n) is 9.82. The third kappa shape index (κ3) is 5.70. The first-order valence-corrected chi connectivity index (χ1v) is 9.82. The molecule has 0 saturated carbocycles. The molecule has 2 aromatic carbocycles. The molecule has 3 amide bonds. The Morgan fingerprint density at radius 3 is 2.47 bits per heavy atom. The van der Waals surface area contributed by atoms with Crippen molar-refractivity contribution in [2.75, 3.05) is 17.2 Å². The third-order valence-electron chi connectivity index (χ3n) is 4.99. The molecule has 6 nitrogen and oxygen atoms in total. The summed E-state index contributed by atoms with van der Waals surface area (Å²) in [5, 5.41) is 5.31. The predicted molar refractivity (Wildman–Crippen MR) is 119 cm³/mol. The van der Waals surface area contributed by atoms with Crippen LogP contribution in [0.15, 0.2) is 42.5 Å². The molecule has 0 radical (unpaired) electrons. The average molecular weight is 435 g/mol. The fourth-order valence-corrected chi connectivity index (χ4v) is 3.60. The van der Waals surface area contributed by atoms with Crippen LogP contribution in [-0.4, -0.2) is 29.4 Å². The van der Waals surface area contributed by atoms with Crippen molar-refractivity contribution in [2.45, 2.75) is 39.3 Å².